The third kappa shape index (κ3) is 4.71. The highest BCUT2D eigenvalue weighted by atomic mass is 35.5. The number of halogens is 1. The molecule has 3 aromatic rings. The van der Waals surface area contributed by atoms with E-state index in [-0.39, 0.29) is 29.2 Å². The number of nitro benzene ring substituents is 1. The lowest BCUT2D eigenvalue weighted by molar-refractivity contribution is -0.384. The van der Waals surface area contributed by atoms with Crippen LogP contribution in [0.25, 0.3) is 0 Å². The molecule has 174 valence electrons. The molecular weight excluding hydrogens is 474 g/mol. The van der Waals surface area contributed by atoms with Crippen molar-refractivity contribution in [3.8, 4) is 6.07 Å². The van der Waals surface area contributed by atoms with Gasteiger partial charge in [-0.05, 0) is 48.0 Å². The number of hydrogen-bond donors (Lipinski definition) is 0. The molecule has 10 nitrogen and oxygen atoms in total. The van der Waals surface area contributed by atoms with Gasteiger partial charge in [0.15, 0.2) is 0 Å². The Balaban J connectivity index is 1.71. The number of benzene rings is 2. The highest BCUT2D eigenvalue weighted by Crippen LogP contribution is 2.30. The number of rotatable bonds is 6. The first-order valence-corrected chi connectivity index (χ1v) is 10.7. The fourth-order valence-corrected chi connectivity index (χ4v) is 3.97. The lowest BCUT2D eigenvalue weighted by atomic mass is 10.1. The second-order valence-corrected chi connectivity index (χ2v) is 8.07. The average molecular weight is 490 g/mol. The number of aromatic nitrogens is 1. The van der Waals surface area contributed by atoms with Crippen LogP contribution in [0.1, 0.15) is 27.9 Å². The summed E-state index contributed by atoms with van der Waals surface area (Å²) >= 11 is 5.88. The number of nitrogens with zero attached hydrogens (tertiary/aromatic N) is 5. The molecule has 0 radical (unpaired) electrons. The number of imide groups is 1. The van der Waals surface area contributed by atoms with Crippen LogP contribution in [0, 0.1) is 21.4 Å². The van der Waals surface area contributed by atoms with Gasteiger partial charge >= 0.3 is 0 Å². The number of carbonyl (C=O) groups excluding carboxylic acids is 3. The Morgan fingerprint density at radius 3 is 2.60 bits per heavy atom. The minimum absolute atomic E-state index is 0.0536. The number of amides is 3. The summed E-state index contributed by atoms with van der Waals surface area (Å²) in [5, 5.41) is 20.2. The summed E-state index contributed by atoms with van der Waals surface area (Å²) in [5.74, 6) is -1.82. The number of nitriles is 1. The van der Waals surface area contributed by atoms with Crippen molar-refractivity contribution >= 4 is 40.7 Å². The molecule has 11 heteroatoms. The minimum atomic E-state index is -1.15. The van der Waals surface area contributed by atoms with Crippen molar-refractivity contribution in [2.24, 2.45) is 0 Å². The van der Waals surface area contributed by atoms with Crippen molar-refractivity contribution in [2.75, 3.05) is 4.90 Å². The standard InChI is InChI=1S/C24H16ClN5O5/c25-19-8-5-17(10-20(19)30(34)35)23(32)28(14-16-2-1-9-27-13-16)21-11-22(31)29(24(21)33)18-6-3-15(12-26)4-7-18/h1-10,13,21H,11,14H2. The van der Waals surface area contributed by atoms with E-state index < -0.39 is 34.4 Å². The van der Waals surface area contributed by atoms with E-state index >= 15 is 0 Å². The zero-order valence-electron chi connectivity index (χ0n) is 18.0. The van der Waals surface area contributed by atoms with Crippen molar-refractivity contribution in [1.82, 2.24) is 9.88 Å². The van der Waals surface area contributed by atoms with Crippen LogP contribution in [0.2, 0.25) is 5.02 Å². The van der Waals surface area contributed by atoms with Crippen LogP contribution in [-0.4, -0.2) is 38.6 Å². The molecule has 0 saturated carbocycles. The molecule has 2 heterocycles. The van der Waals surface area contributed by atoms with Gasteiger partial charge in [0, 0.05) is 30.6 Å². The molecule has 1 saturated heterocycles. The van der Waals surface area contributed by atoms with E-state index in [0.29, 0.717) is 11.1 Å². The third-order valence-corrected chi connectivity index (χ3v) is 5.80. The van der Waals surface area contributed by atoms with E-state index in [0.717, 1.165) is 11.0 Å². The van der Waals surface area contributed by atoms with E-state index in [4.69, 9.17) is 16.9 Å². The number of carbonyl (C=O) groups is 3. The maximum atomic E-state index is 13.5. The SMILES string of the molecule is N#Cc1ccc(N2C(=O)CC(N(Cc3cccnc3)C(=O)c3ccc(Cl)c([N+](=O)[O-])c3)C2=O)cc1. The molecule has 1 atom stereocenters. The summed E-state index contributed by atoms with van der Waals surface area (Å²) in [5.41, 5.74) is 0.731. The first-order chi connectivity index (χ1) is 16.8. The van der Waals surface area contributed by atoms with E-state index in [1.165, 1.54) is 47.5 Å². The Bertz CT molecular complexity index is 1370. The van der Waals surface area contributed by atoms with Gasteiger partial charge < -0.3 is 4.90 Å². The predicted molar refractivity (Wildman–Crippen MR) is 124 cm³/mol. The van der Waals surface area contributed by atoms with Gasteiger partial charge in [-0.3, -0.25) is 29.5 Å². The third-order valence-electron chi connectivity index (χ3n) is 5.48. The summed E-state index contributed by atoms with van der Waals surface area (Å²) in [6.07, 6.45) is 2.79. The molecule has 0 N–H and O–H groups in total. The molecule has 2 aromatic carbocycles. The Morgan fingerprint density at radius 1 is 1.23 bits per heavy atom. The van der Waals surface area contributed by atoms with Gasteiger partial charge in [0.05, 0.1) is 28.7 Å². The van der Waals surface area contributed by atoms with Gasteiger partial charge in [-0.1, -0.05) is 17.7 Å². The van der Waals surface area contributed by atoms with Crippen molar-refractivity contribution in [3.63, 3.8) is 0 Å². The smallest absolute Gasteiger partial charge is 0.288 e. The largest absolute Gasteiger partial charge is 0.322 e. The van der Waals surface area contributed by atoms with Crippen molar-refractivity contribution < 1.29 is 19.3 Å². The summed E-state index contributed by atoms with van der Waals surface area (Å²) in [6, 6.07) is 13.7. The first-order valence-electron chi connectivity index (χ1n) is 10.3. The Labute approximate surface area is 204 Å². The topological polar surface area (TPSA) is 138 Å². The van der Waals surface area contributed by atoms with E-state index in [1.54, 1.807) is 18.3 Å². The minimum Gasteiger partial charge on any atom is -0.322 e. The van der Waals surface area contributed by atoms with Crippen LogP contribution in [0.3, 0.4) is 0 Å². The maximum Gasteiger partial charge on any atom is 0.288 e. The zero-order valence-corrected chi connectivity index (χ0v) is 18.8. The van der Waals surface area contributed by atoms with Crippen LogP contribution in [0.15, 0.2) is 67.0 Å². The van der Waals surface area contributed by atoms with Gasteiger partial charge in [0.1, 0.15) is 11.1 Å². The highest BCUT2D eigenvalue weighted by molar-refractivity contribution is 6.32. The number of hydrogen-bond acceptors (Lipinski definition) is 7. The van der Waals surface area contributed by atoms with Crippen molar-refractivity contribution in [1.29, 1.82) is 5.26 Å². The molecule has 1 unspecified atom stereocenters. The van der Waals surface area contributed by atoms with E-state index in [9.17, 15) is 24.5 Å². The summed E-state index contributed by atoms with van der Waals surface area (Å²) in [7, 11) is 0. The predicted octanol–water partition coefficient (Wildman–Crippen LogP) is 3.49. The molecule has 1 aliphatic heterocycles. The van der Waals surface area contributed by atoms with Crippen molar-refractivity contribution in [3.05, 3.63) is 98.8 Å². The van der Waals surface area contributed by atoms with Crippen LogP contribution >= 0.6 is 11.6 Å². The summed E-state index contributed by atoms with van der Waals surface area (Å²) < 4.78 is 0. The number of pyridine rings is 1. The van der Waals surface area contributed by atoms with Crippen LogP contribution in [0.4, 0.5) is 11.4 Å². The van der Waals surface area contributed by atoms with Crippen LogP contribution in [-0.2, 0) is 16.1 Å². The molecule has 4 rings (SSSR count). The second kappa shape index (κ2) is 9.70. The normalized spacial score (nSPS) is 15.1. The molecule has 1 aliphatic rings. The summed E-state index contributed by atoms with van der Waals surface area (Å²) in [4.78, 5) is 56.5. The van der Waals surface area contributed by atoms with Gasteiger partial charge in [0.25, 0.3) is 17.5 Å². The fourth-order valence-electron chi connectivity index (χ4n) is 3.78. The zero-order chi connectivity index (χ0) is 25.1. The molecule has 0 spiro atoms. The van der Waals surface area contributed by atoms with Crippen LogP contribution < -0.4 is 4.90 Å². The quantitative estimate of drug-likeness (QED) is 0.293. The molecule has 0 bridgehead atoms. The van der Waals surface area contributed by atoms with Gasteiger partial charge in [-0.15, -0.1) is 0 Å². The van der Waals surface area contributed by atoms with Gasteiger partial charge in [-0.2, -0.15) is 5.26 Å². The summed E-state index contributed by atoms with van der Waals surface area (Å²) in [6.45, 7) is -0.0615. The Morgan fingerprint density at radius 2 is 1.97 bits per heavy atom. The fraction of sp³-hybridized carbons (Fsp3) is 0.125. The maximum absolute atomic E-state index is 13.5. The lowest BCUT2D eigenvalue weighted by Crippen LogP contribution is -2.45. The molecule has 1 fully saturated rings. The molecule has 1 aromatic heterocycles. The Hall–Kier alpha value is -4.62. The molecule has 0 aliphatic carbocycles. The molecule has 35 heavy (non-hydrogen) atoms. The van der Waals surface area contributed by atoms with Crippen LogP contribution in [0.5, 0.6) is 0 Å². The van der Waals surface area contributed by atoms with E-state index in [2.05, 4.69) is 4.98 Å². The molecule has 3 amide bonds. The number of nitro groups is 1. The van der Waals surface area contributed by atoms with Crippen molar-refractivity contribution in [2.45, 2.75) is 19.0 Å². The Kier molecular flexibility index (Phi) is 6.53. The number of anilines is 1. The van der Waals surface area contributed by atoms with Gasteiger partial charge in [-0.25, -0.2) is 4.90 Å². The average Bonchev–Trinajstić information content (AvgIpc) is 3.16. The monoisotopic (exact) mass is 489 g/mol. The second-order valence-electron chi connectivity index (χ2n) is 7.66. The van der Waals surface area contributed by atoms with Gasteiger partial charge in [0.2, 0.25) is 5.91 Å². The van der Waals surface area contributed by atoms with E-state index in [1.807, 2.05) is 6.07 Å². The lowest BCUT2D eigenvalue weighted by Gasteiger charge is -2.28. The molecular formula is C24H16ClN5O5. The highest BCUT2D eigenvalue weighted by Gasteiger charge is 2.44. The first kappa shape index (κ1) is 23.5.